The van der Waals surface area contributed by atoms with Crippen LogP contribution in [0.25, 0.3) is 6.08 Å². The zero-order valence-electron chi connectivity index (χ0n) is 11.3. The van der Waals surface area contributed by atoms with E-state index < -0.39 is 6.43 Å². The van der Waals surface area contributed by atoms with Crippen LogP contribution in [0.3, 0.4) is 0 Å². The average molecular weight is 286 g/mol. The second kappa shape index (κ2) is 7.33. The number of benzene rings is 2. The maximum atomic E-state index is 12.4. The van der Waals surface area contributed by atoms with Crippen LogP contribution in [-0.4, -0.2) is 6.21 Å². The van der Waals surface area contributed by atoms with Crippen LogP contribution in [-0.2, 0) is 11.4 Å². The molecule has 0 aliphatic heterocycles. The highest BCUT2D eigenvalue weighted by Gasteiger charge is 2.05. The van der Waals surface area contributed by atoms with Crippen LogP contribution in [0.2, 0.25) is 0 Å². The predicted molar refractivity (Wildman–Crippen MR) is 79.3 cm³/mol. The number of hydrogen-bond donors (Lipinski definition) is 0. The van der Waals surface area contributed by atoms with Crippen molar-refractivity contribution in [3.05, 3.63) is 77.4 Å². The molecule has 0 fully saturated rings. The molecule has 0 heterocycles. The molecule has 0 atom stereocenters. The van der Waals surface area contributed by atoms with Gasteiger partial charge >= 0.3 is 0 Å². The minimum absolute atomic E-state index is 0.0243. The van der Waals surface area contributed by atoms with Gasteiger partial charge in [-0.05, 0) is 11.1 Å². The molecule has 2 aromatic carbocycles. The summed E-state index contributed by atoms with van der Waals surface area (Å²) in [5.74, 6) is 0. The molecular formula is C17H14F2NO. The topological polar surface area (TPSA) is 21.6 Å². The molecule has 21 heavy (non-hydrogen) atoms. The van der Waals surface area contributed by atoms with E-state index in [2.05, 4.69) is 17.9 Å². The molecular weight excluding hydrogens is 272 g/mol. The third-order valence-corrected chi connectivity index (χ3v) is 2.85. The number of rotatable bonds is 6. The average Bonchev–Trinajstić information content (AvgIpc) is 2.52. The molecule has 0 saturated carbocycles. The van der Waals surface area contributed by atoms with Gasteiger partial charge in [-0.2, -0.15) is 0 Å². The molecule has 107 valence electrons. The summed E-state index contributed by atoms with van der Waals surface area (Å²) in [4.78, 5) is 5.11. The largest absolute Gasteiger partial charge is 0.390 e. The molecule has 0 aliphatic rings. The van der Waals surface area contributed by atoms with Gasteiger partial charge in [-0.3, -0.25) is 0 Å². The third-order valence-electron chi connectivity index (χ3n) is 2.85. The number of hydrogen-bond acceptors (Lipinski definition) is 2. The molecule has 0 aliphatic carbocycles. The first kappa shape index (κ1) is 14.9. The first-order valence-electron chi connectivity index (χ1n) is 6.36. The summed E-state index contributed by atoms with van der Waals surface area (Å²) in [6.07, 6.45) is 1.94. The molecule has 0 saturated heterocycles. The fourth-order valence-electron chi connectivity index (χ4n) is 1.64. The van der Waals surface area contributed by atoms with E-state index in [1.165, 1.54) is 24.3 Å². The van der Waals surface area contributed by atoms with Gasteiger partial charge in [0.05, 0.1) is 0 Å². The van der Waals surface area contributed by atoms with Crippen molar-refractivity contribution in [2.75, 3.05) is 0 Å². The summed E-state index contributed by atoms with van der Waals surface area (Å²) in [5, 5.41) is 3.70. The Morgan fingerprint density at radius 2 is 1.76 bits per heavy atom. The molecule has 4 heteroatoms. The van der Waals surface area contributed by atoms with E-state index in [1.54, 1.807) is 6.08 Å². The van der Waals surface area contributed by atoms with Gasteiger partial charge in [0.2, 0.25) is 0 Å². The molecule has 2 nitrogen and oxygen atoms in total. The van der Waals surface area contributed by atoms with Gasteiger partial charge < -0.3 is 4.84 Å². The normalized spacial score (nSPS) is 11.0. The lowest BCUT2D eigenvalue weighted by Crippen LogP contribution is -1.89. The Kier molecular flexibility index (Phi) is 5.21. The predicted octanol–water partition coefficient (Wildman–Crippen LogP) is 4.69. The molecule has 1 radical (unpaired) electrons. The molecule has 0 unspecified atom stereocenters. The maximum Gasteiger partial charge on any atom is 0.263 e. The fraction of sp³-hybridized carbons (Fsp3) is 0.118. The van der Waals surface area contributed by atoms with Crippen LogP contribution >= 0.6 is 0 Å². The van der Waals surface area contributed by atoms with Gasteiger partial charge in [0, 0.05) is 11.1 Å². The molecule has 0 spiro atoms. The maximum absolute atomic E-state index is 12.4. The Balaban J connectivity index is 1.85. The zero-order chi connectivity index (χ0) is 15.1. The smallest absolute Gasteiger partial charge is 0.263 e. The van der Waals surface area contributed by atoms with Gasteiger partial charge in [0.25, 0.3) is 6.43 Å². The van der Waals surface area contributed by atoms with E-state index in [4.69, 9.17) is 4.84 Å². The van der Waals surface area contributed by atoms with Gasteiger partial charge in [0.15, 0.2) is 0 Å². The Morgan fingerprint density at radius 1 is 1.10 bits per heavy atom. The SMILES string of the molecule is C=Cc1ccc(CO/N=[C]\c2ccc(C(F)F)cc2)cc1. The lowest BCUT2D eigenvalue weighted by Gasteiger charge is -2.01. The number of nitrogens with zero attached hydrogens (tertiary/aromatic N) is 1. The van der Waals surface area contributed by atoms with Crippen molar-refractivity contribution >= 4 is 12.3 Å². The van der Waals surface area contributed by atoms with Crippen LogP contribution in [0, 0.1) is 0 Å². The summed E-state index contributed by atoms with van der Waals surface area (Å²) in [6, 6.07) is 13.4. The Morgan fingerprint density at radius 3 is 2.33 bits per heavy atom. The van der Waals surface area contributed by atoms with Gasteiger partial charge in [-0.15, -0.1) is 0 Å². The Hall–Kier alpha value is -2.49. The molecule has 2 aromatic rings. The van der Waals surface area contributed by atoms with Gasteiger partial charge in [-0.1, -0.05) is 66.3 Å². The van der Waals surface area contributed by atoms with Crippen LogP contribution in [0.4, 0.5) is 8.78 Å². The van der Waals surface area contributed by atoms with Crippen LogP contribution in [0.15, 0.2) is 60.3 Å². The highest BCUT2D eigenvalue weighted by atomic mass is 19.3. The summed E-state index contributed by atoms with van der Waals surface area (Å²) < 4.78 is 24.7. The second-order valence-corrected chi connectivity index (χ2v) is 4.34. The van der Waals surface area contributed by atoms with Crippen molar-refractivity contribution in [3.8, 4) is 0 Å². The molecule has 0 amide bonds. The summed E-state index contributed by atoms with van der Waals surface area (Å²) in [6.45, 7) is 4.00. The van der Waals surface area contributed by atoms with Crippen LogP contribution in [0.5, 0.6) is 0 Å². The van der Waals surface area contributed by atoms with E-state index in [-0.39, 0.29) is 5.56 Å². The van der Waals surface area contributed by atoms with Crippen molar-refractivity contribution in [2.45, 2.75) is 13.0 Å². The van der Waals surface area contributed by atoms with Crippen molar-refractivity contribution < 1.29 is 13.6 Å². The van der Waals surface area contributed by atoms with Crippen molar-refractivity contribution in [1.82, 2.24) is 0 Å². The van der Waals surface area contributed by atoms with Crippen molar-refractivity contribution in [1.29, 1.82) is 0 Å². The van der Waals surface area contributed by atoms with Crippen molar-refractivity contribution in [2.24, 2.45) is 5.16 Å². The van der Waals surface area contributed by atoms with E-state index in [1.807, 2.05) is 24.3 Å². The first-order valence-corrected chi connectivity index (χ1v) is 6.36. The molecule has 2 rings (SSSR count). The lowest BCUT2D eigenvalue weighted by molar-refractivity contribution is 0.132. The summed E-state index contributed by atoms with van der Waals surface area (Å²) in [5.41, 5.74) is 2.57. The standard InChI is InChI=1S/C17H14F2NO/c1-2-13-3-5-15(6-4-13)12-21-20-11-14-7-9-16(10-8-14)17(18)19/h2-10,17H,1,12H2. The molecule has 0 N–H and O–H groups in total. The highest BCUT2D eigenvalue weighted by Crippen LogP contribution is 2.18. The van der Waals surface area contributed by atoms with Gasteiger partial charge in [0.1, 0.15) is 12.8 Å². The van der Waals surface area contributed by atoms with E-state index in [0.717, 1.165) is 11.1 Å². The molecule has 0 aromatic heterocycles. The number of halogens is 2. The van der Waals surface area contributed by atoms with E-state index in [0.29, 0.717) is 12.2 Å². The van der Waals surface area contributed by atoms with Gasteiger partial charge in [-0.25, -0.2) is 8.78 Å². The summed E-state index contributed by atoms with van der Waals surface area (Å²) in [7, 11) is 0. The number of alkyl halides is 2. The lowest BCUT2D eigenvalue weighted by atomic mass is 10.1. The Bertz CT molecular complexity index is 604. The minimum atomic E-state index is -2.47. The highest BCUT2D eigenvalue weighted by molar-refractivity contribution is 5.79. The minimum Gasteiger partial charge on any atom is -0.390 e. The monoisotopic (exact) mass is 286 g/mol. The van der Waals surface area contributed by atoms with Crippen molar-refractivity contribution in [3.63, 3.8) is 0 Å². The first-order chi connectivity index (χ1) is 10.2. The zero-order valence-corrected chi connectivity index (χ0v) is 11.3. The molecule has 0 bridgehead atoms. The quantitative estimate of drug-likeness (QED) is 0.557. The second-order valence-electron chi connectivity index (χ2n) is 4.34. The summed E-state index contributed by atoms with van der Waals surface area (Å²) >= 11 is 0. The van der Waals surface area contributed by atoms with E-state index in [9.17, 15) is 8.78 Å². The Labute approximate surface area is 122 Å². The van der Waals surface area contributed by atoms with E-state index >= 15 is 0 Å². The fourth-order valence-corrected chi connectivity index (χ4v) is 1.64. The third kappa shape index (κ3) is 4.53. The van der Waals surface area contributed by atoms with Crippen LogP contribution < -0.4 is 0 Å². The van der Waals surface area contributed by atoms with Crippen LogP contribution in [0.1, 0.15) is 28.7 Å².